The highest BCUT2D eigenvalue weighted by Crippen LogP contribution is 2.59. The molecule has 160 valence electrons. The van der Waals surface area contributed by atoms with Gasteiger partial charge in [-0.2, -0.15) is 5.10 Å². The number of fused-ring (bicyclic) bond motifs is 1. The molecule has 2 aliphatic carbocycles. The van der Waals surface area contributed by atoms with Crippen LogP contribution in [0.15, 0.2) is 18.3 Å². The van der Waals surface area contributed by atoms with Gasteiger partial charge in [-0.05, 0) is 57.1 Å². The fourth-order valence-corrected chi connectivity index (χ4v) is 5.40. The molecule has 2 saturated carbocycles. The molecule has 2 N–H and O–H groups in total. The van der Waals surface area contributed by atoms with Crippen molar-refractivity contribution in [2.75, 3.05) is 32.0 Å². The Morgan fingerprint density at radius 2 is 1.90 bits per heavy atom. The molecule has 6 rings (SSSR count). The third kappa shape index (κ3) is 3.02. The van der Waals surface area contributed by atoms with E-state index in [0.29, 0.717) is 29.6 Å². The lowest BCUT2D eigenvalue weighted by atomic mass is 9.93. The van der Waals surface area contributed by atoms with Crippen LogP contribution in [0, 0.1) is 11.8 Å². The van der Waals surface area contributed by atoms with Crippen LogP contribution in [0.4, 0.5) is 5.82 Å². The van der Waals surface area contributed by atoms with Gasteiger partial charge in [0.1, 0.15) is 0 Å². The average molecular weight is 410 g/mol. The van der Waals surface area contributed by atoms with E-state index in [9.17, 15) is 0 Å². The molecule has 0 bridgehead atoms. The van der Waals surface area contributed by atoms with Crippen LogP contribution in [0.3, 0.4) is 0 Å². The van der Waals surface area contributed by atoms with E-state index in [2.05, 4.69) is 20.6 Å². The molecule has 2 aromatic heterocycles. The number of nitrogens with zero attached hydrogens (tertiary/aromatic N) is 4. The van der Waals surface area contributed by atoms with Gasteiger partial charge >= 0.3 is 0 Å². The van der Waals surface area contributed by atoms with E-state index in [1.54, 1.807) is 0 Å². The summed E-state index contributed by atoms with van der Waals surface area (Å²) in [5.41, 5.74) is 9.43. The summed E-state index contributed by atoms with van der Waals surface area (Å²) in [5.74, 6) is 3.28. The summed E-state index contributed by atoms with van der Waals surface area (Å²) in [5, 5.41) is 5.07. The molecule has 4 heterocycles. The smallest absolute Gasteiger partial charge is 0.166 e. The van der Waals surface area contributed by atoms with Crippen LogP contribution < -0.4 is 10.5 Å². The highest BCUT2D eigenvalue weighted by molar-refractivity contribution is 5.64. The average Bonchev–Trinajstić information content (AvgIpc) is 2.97. The van der Waals surface area contributed by atoms with Gasteiger partial charge in [-0.25, -0.2) is 4.98 Å². The number of rotatable bonds is 6. The van der Waals surface area contributed by atoms with Crippen molar-refractivity contribution in [2.45, 2.75) is 57.2 Å². The van der Waals surface area contributed by atoms with Crippen molar-refractivity contribution in [3.63, 3.8) is 0 Å². The van der Waals surface area contributed by atoms with Gasteiger partial charge in [-0.3, -0.25) is 9.58 Å². The zero-order valence-electron chi connectivity index (χ0n) is 17.8. The topological polar surface area (TPSA) is 78.4 Å². The van der Waals surface area contributed by atoms with E-state index in [1.165, 1.54) is 38.0 Å². The molecule has 7 heteroatoms. The summed E-state index contributed by atoms with van der Waals surface area (Å²) in [6.45, 7) is 8.26. The van der Waals surface area contributed by atoms with Crippen molar-refractivity contribution >= 4 is 5.82 Å². The minimum Gasteiger partial charge on any atom is -0.487 e. The molecule has 2 saturated heterocycles. The third-order valence-electron chi connectivity index (χ3n) is 7.43. The van der Waals surface area contributed by atoms with Crippen LogP contribution in [0.5, 0.6) is 5.75 Å². The summed E-state index contributed by atoms with van der Waals surface area (Å²) in [6, 6.07) is 5.51. The molecule has 30 heavy (non-hydrogen) atoms. The highest BCUT2D eigenvalue weighted by atomic mass is 16.5. The fraction of sp³-hybridized carbons (Fsp3) is 0.652. The van der Waals surface area contributed by atoms with Gasteiger partial charge in [-0.15, -0.1) is 0 Å². The number of hydrogen-bond donors (Lipinski definition) is 1. The minimum absolute atomic E-state index is 0.0577. The van der Waals surface area contributed by atoms with Gasteiger partial charge in [0.25, 0.3) is 0 Å². The van der Waals surface area contributed by atoms with Gasteiger partial charge < -0.3 is 15.2 Å². The van der Waals surface area contributed by atoms with E-state index in [4.69, 9.17) is 20.3 Å². The molecule has 0 amide bonds. The Balaban J connectivity index is 1.28. The lowest BCUT2D eigenvalue weighted by Gasteiger charge is -2.36. The van der Waals surface area contributed by atoms with E-state index < -0.39 is 0 Å². The van der Waals surface area contributed by atoms with Gasteiger partial charge in [-0.1, -0.05) is 0 Å². The van der Waals surface area contributed by atoms with Gasteiger partial charge in [0.2, 0.25) is 0 Å². The quantitative estimate of drug-likeness (QED) is 0.790. The van der Waals surface area contributed by atoms with Crippen molar-refractivity contribution in [2.24, 2.45) is 11.8 Å². The summed E-state index contributed by atoms with van der Waals surface area (Å²) in [4.78, 5) is 7.01. The molecule has 3 atom stereocenters. The van der Waals surface area contributed by atoms with Crippen LogP contribution in [0.25, 0.3) is 11.3 Å². The summed E-state index contributed by atoms with van der Waals surface area (Å²) >= 11 is 0. The first kappa shape index (κ1) is 18.6. The van der Waals surface area contributed by atoms with E-state index >= 15 is 0 Å². The lowest BCUT2D eigenvalue weighted by Crippen LogP contribution is -2.48. The molecule has 0 spiro atoms. The number of ether oxygens (including phenoxy) is 2. The zero-order chi connectivity index (χ0) is 20.4. The molecule has 4 fully saturated rings. The number of piperidine rings is 1. The second-order valence-electron chi connectivity index (χ2n) is 9.76. The highest BCUT2D eigenvalue weighted by Gasteiger charge is 2.59. The van der Waals surface area contributed by atoms with Crippen LogP contribution in [0.2, 0.25) is 0 Å². The Morgan fingerprint density at radius 1 is 1.13 bits per heavy atom. The van der Waals surface area contributed by atoms with Crippen molar-refractivity contribution in [3.05, 3.63) is 24.0 Å². The first-order valence-corrected chi connectivity index (χ1v) is 11.4. The van der Waals surface area contributed by atoms with Crippen LogP contribution in [-0.2, 0) is 4.74 Å². The number of aromatic nitrogens is 3. The number of hydrogen-bond acceptors (Lipinski definition) is 6. The predicted octanol–water partition coefficient (Wildman–Crippen LogP) is 3.08. The Labute approximate surface area is 177 Å². The lowest BCUT2D eigenvalue weighted by molar-refractivity contribution is -0.0610. The SMILES string of the molecule is CC(C)Oc1cc(-c2cc([C@H]3[C@@H]4CN(C5COC5)C[C@@H]43)n(C3CCC3)n2)cnc1N. The Kier molecular flexibility index (Phi) is 4.32. The van der Waals surface area contributed by atoms with Gasteiger partial charge in [0, 0.05) is 36.5 Å². The minimum atomic E-state index is 0.0577. The van der Waals surface area contributed by atoms with Crippen molar-refractivity contribution in [1.82, 2.24) is 19.7 Å². The van der Waals surface area contributed by atoms with E-state index in [-0.39, 0.29) is 6.10 Å². The molecule has 7 nitrogen and oxygen atoms in total. The number of nitrogens with two attached hydrogens (primary N) is 1. The van der Waals surface area contributed by atoms with Crippen molar-refractivity contribution < 1.29 is 9.47 Å². The Hall–Kier alpha value is -2.12. The van der Waals surface area contributed by atoms with E-state index in [0.717, 1.165) is 36.3 Å². The first-order valence-electron chi connectivity index (χ1n) is 11.4. The Morgan fingerprint density at radius 3 is 2.50 bits per heavy atom. The number of pyridine rings is 1. The Bertz CT molecular complexity index is 937. The van der Waals surface area contributed by atoms with Crippen molar-refractivity contribution in [1.29, 1.82) is 0 Å². The van der Waals surface area contributed by atoms with Crippen LogP contribution in [-0.4, -0.2) is 58.1 Å². The number of nitrogen functional groups attached to an aromatic ring is 1. The molecule has 0 aromatic carbocycles. The molecule has 2 aliphatic heterocycles. The molecular formula is C23H31N5O2. The maximum absolute atomic E-state index is 6.03. The van der Waals surface area contributed by atoms with E-state index in [1.807, 2.05) is 26.1 Å². The predicted molar refractivity (Wildman–Crippen MR) is 114 cm³/mol. The summed E-state index contributed by atoms with van der Waals surface area (Å²) in [6.07, 6.45) is 5.67. The molecule has 4 aliphatic rings. The summed E-state index contributed by atoms with van der Waals surface area (Å²) < 4.78 is 13.6. The van der Waals surface area contributed by atoms with Gasteiger partial charge in [0.15, 0.2) is 11.6 Å². The normalized spacial score (nSPS) is 29.0. The fourth-order valence-electron chi connectivity index (χ4n) is 5.40. The molecule has 0 radical (unpaired) electrons. The number of anilines is 1. The first-order chi connectivity index (χ1) is 14.6. The molecule has 0 unspecified atom stereocenters. The zero-order valence-corrected chi connectivity index (χ0v) is 17.8. The maximum atomic E-state index is 6.03. The number of likely N-dealkylation sites (tertiary alicyclic amines) is 1. The molecule has 2 aromatic rings. The summed E-state index contributed by atoms with van der Waals surface area (Å²) in [7, 11) is 0. The monoisotopic (exact) mass is 409 g/mol. The van der Waals surface area contributed by atoms with Gasteiger partial charge in [0.05, 0.1) is 37.1 Å². The largest absolute Gasteiger partial charge is 0.487 e. The van der Waals surface area contributed by atoms with Crippen molar-refractivity contribution in [3.8, 4) is 17.0 Å². The second kappa shape index (κ2) is 6.95. The molecular weight excluding hydrogens is 378 g/mol. The maximum Gasteiger partial charge on any atom is 0.166 e. The standard InChI is InChI=1S/C23H31N5O2/c1-13(2)30-21-6-14(8-25-23(21)24)19-7-20(28(26-19)15-4-3-5-15)22-17-9-27(10-18(17)22)16-11-29-12-16/h6-8,13,15-18,22H,3-5,9-12H2,1-2H3,(H2,24,25)/t17-,18+,22+. The third-order valence-corrected chi connectivity index (χ3v) is 7.43. The van der Waals surface area contributed by atoms with Crippen LogP contribution in [0.1, 0.15) is 50.8 Å². The van der Waals surface area contributed by atoms with Crippen LogP contribution >= 0.6 is 0 Å². The second-order valence-corrected chi connectivity index (χ2v) is 9.76.